The Labute approximate surface area is 104 Å². The highest BCUT2D eigenvalue weighted by atomic mass is 79.9. The number of unbranched alkanes of at least 4 members (excludes halogenated alkanes) is 2. The summed E-state index contributed by atoms with van der Waals surface area (Å²) in [6, 6.07) is 0. The van der Waals surface area contributed by atoms with Gasteiger partial charge in [0.15, 0.2) is 4.60 Å². The first-order valence-electron chi connectivity index (χ1n) is 5.04. The number of rotatable bonds is 6. The number of aromatic nitrogens is 3. The fourth-order valence-electron chi connectivity index (χ4n) is 1.26. The van der Waals surface area contributed by atoms with Crippen molar-refractivity contribution >= 4 is 26.0 Å². The SMILES string of the molecule is CCCCCNS(=O)(=O)c1c(Br)nnn1C. The zero-order valence-electron chi connectivity index (χ0n) is 9.27. The van der Waals surface area contributed by atoms with Crippen LogP contribution in [0.25, 0.3) is 0 Å². The Morgan fingerprint density at radius 2 is 2.12 bits per heavy atom. The third-order valence-corrected chi connectivity index (χ3v) is 4.41. The minimum atomic E-state index is -3.52. The molecule has 1 aromatic rings. The van der Waals surface area contributed by atoms with Crippen molar-refractivity contribution in [3.63, 3.8) is 0 Å². The molecule has 92 valence electrons. The van der Waals surface area contributed by atoms with Crippen molar-refractivity contribution in [3.05, 3.63) is 4.60 Å². The van der Waals surface area contributed by atoms with E-state index in [1.165, 1.54) is 4.68 Å². The molecule has 8 heteroatoms. The smallest absolute Gasteiger partial charge is 0.235 e. The van der Waals surface area contributed by atoms with Gasteiger partial charge in [-0.05, 0) is 22.4 Å². The van der Waals surface area contributed by atoms with Gasteiger partial charge in [0.05, 0.1) is 0 Å². The summed E-state index contributed by atoms with van der Waals surface area (Å²) in [6.07, 6.45) is 2.89. The van der Waals surface area contributed by atoms with Crippen LogP contribution in [0.2, 0.25) is 0 Å². The Balaban J connectivity index is 2.71. The zero-order chi connectivity index (χ0) is 12.2. The van der Waals surface area contributed by atoms with E-state index in [-0.39, 0.29) is 9.63 Å². The normalized spacial score (nSPS) is 11.9. The van der Waals surface area contributed by atoms with Crippen molar-refractivity contribution in [2.24, 2.45) is 7.05 Å². The van der Waals surface area contributed by atoms with Gasteiger partial charge in [-0.3, -0.25) is 0 Å². The van der Waals surface area contributed by atoms with E-state index in [4.69, 9.17) is 0 Å². The summed E-state index contributed by atoms with van der Waals surface area (Å²) in [5, 5.41) is 7.32. The summed E-state index contributed by atoms with van der Waals surface area (Å²) < 4.78 is 27.7. The molecule has 0 aliphatic heterocycles. The van der Waals surface area contributed by atoms with Crippen LogP contribution in [0.15, 0.2) is 9.63 Å². The highest BCUT2D eigenvalue weighted by Gasteiger charge is 2.22. The molecule has 0 aliphatic carbocycles. The van der Waals surface area contributed by atoms with Crippen LogP contribution in [0, 0.1) is 0 Å². The van der Waals surface area contributed by atoms with Crippen LogP contribution in [-0.2, 0) is 17.1 Å². The van der Waals surface area contributed by atoms with Gasteiger partial charge in [0, 0.05) is 13.6 Å². The van der Waals surface area contributed by atoms with Crippen LogP contribution >= 0.6 is 15.9 Å². The van der Waals surface area contributed by atoms with Crippen molar-refractivity contribution in [1.82, 2.24) is 19.7 Å². The first kappa shape index (κ1) is 13.6. The van der Waals surface area contributed by atoms with Crippen LogP contribution in [0.4, 0.5) is 0 Å². The molecule has 0 aromatic carbocycles. The summed E-state index contributed by atoms with van der Waals surface area (Å²) in [4.78, 5) is 0. The predicted octanol–water partition coefficient (Wildman–Crippen LogP) is 1.05. The molecule has 0 saturated heterocycles. The molecule has 0 radical (unpaired) electrons. The molecule has 0 spiro atoms. The molecule has 0 saturated carbocycles. The minimum absolute atomic E-state index is 0.0593. The predicted molar refractivity (Wildman–Crippen MR) is 63.4 cm³/mol. The van der Waals surface area contributed by atoms with Gasteiger partial charge in [-0.1, -0.05) is 25.0 Å². The van der Waals surface area contributed by atoms with Gasteiger partial charge in [-0.2, -0.15) is 0 Å². The average molecular weight is 311 g/mol. The van der Waals surface area contributed by atoms with Crippen molar-refractivity contribution in [1.29, 1.82) is 0 Å². The number of hydrogen-bond donors (Lipinski definition) is 1. The lowest BCUT2D eigenvalue weighted by molar-refractivity contribution is 0.556. The lowest BCUT2D eigenvalue weighted by atomic mass is 10.3. The van der Waals surface area contributed by atoms with Crippen LogP contribution in [0.3, 0.4) is 0 Å². The van der Waals surface area contributed by atoms with E-state index >= 15 is 0 Å². The lowest BCUT2D eigenvalue weighted by Crippen LogP contribution is -2.27. The summed E-state index contributed by atoms with van der Waals surface area (Å²) in [7, 11) is -1.98. The summed E-state index contributed by atoms with van der Waals surface area (Å²) >= 11 is 3.06. The van der Waals surface area contributed by atoms with Gasteiger partial charge in [-0.15, -0.1) is 5.10 Å². The highest BCUT2D eigenvalue weighted by Crippen LogP contribution is 2.17. The zero-order valence-corrected chi connectivity index (χ0v) is 11.7. The van der Waals surface area contributed by atoms with Gasteiger partial charge in [0.1, 0.15) is 0 Å². The number of halogens is 1. The van der Waals surface area contributed by atoms with E-state index in [2.05, 4.69) is 37.9 Å². The maximum atomic E-state index is 11.9. The standard InChI is InChI=1S/C8H15BrN4O2S/c1-3-4-5-6-10-16(14,15)8-7(9)11-12-13(8)2/h10H,3-6H2,1-2H3. The van der Waals surface area contributed by atoms with Gasteiger partial charge in [0.25, 0.3) is 10.0 Å². The van der Waals surface area contributed by atoms with E-state index in [1.807, 2.05) is 0 Å². The molecule has 6 nitrogen and oxygen atoms in total. The topological polar surface area (TPSA) is 76.9 Å². The Hall–Kier alpha value is -0.470. The summed E-state index contributed by atoms with van der Waals surface area (Å²) in [5.74, 6) is 0. The van der Waals surface area contributed by atoms with Gasteiger partial charge in [-0.25, -0.2) is 17.8 Å². The molecule has 1 aromatic heterocycles. The fourth-order valence-corrected chi connectivity index (χ4v) is 3.42. The van der Waals surface area contributed by atoms with E-state index in [0.717, 1.165) is 19.3 Å². The second-order valence-electron chi connectivity index (χ2n) is 3.41. The van der Waals surface area contributed by atoms with Crippen LogP contribution in [0.1, 0.15) is 26.2 Å². The third-order valence-electron chi connectivity index (χ3n) is 2.06. The Bertz CT molecular complexity index is 423. The molecular weight excluding hydrogens is 296 g/mol. The van der Waals surface area contributed by atoms with Crippen LogP contribution in [0.5, 0.6) is 0 Å². The molecule has 1 N–H and O–H groups in total. The first-order chi connectivity index (χ1) is 7.49. The quantitative estimate of drug-likeness (QED) is 0.797. The van der Waals surface area contributed by atoms with Gasteiger partial charge < -0.3 is 0 Å². The molecule has 1 heterocycles. The molecule has 0 fully saturated rings. The Morgan fingerprint density at radius 3 is 2.62 bits per heavy atom. The van der Waals surface area contributed by atoms with E-state index in [0.29, 0.717) is 6.54 Å². The summed E-state index contributed by atoms with van der Waals surface area (Å²) in [6.45, 7) is 2.50. The second kappa shape index (κ2) is 5.74. The maximum Gasteiger partial charge on any atom is 0.260 e. The molecule has 0 bridgehead atoms. The average Bonchev–Trinajstić information content (AvgIpc) is 2.54. The molecule has 0 atom stereocenters. The molecule has 16 heavy (non-hydrogen) atoms. The fraction of sp³-hybridized carbons (Fsp3) is 0.750. The maximum absolute atomic E-state index is 11.9. The lowest BCUT2D eigenvalue weighted by Gasteiger charge is -2.05. The monoisotopic (exact) mass is 310 g/mol. The van der Waals surface area contributed by atoms with Gasteiger partial charge in [0.2, 0.25) is 5.03 Å². The molecule has 0 amide bonds. The van der Waals surface area contributed by atoms with Crippen LogP contribution in [-0.4, -0.2) is 30.0 Å². The molecular formula is C8H15BrN4O2S. The molecule has 0 unspecified atom stereocenters. The van der Waals surface area contributed by atoms with Crippen molar-refractivity contribution in [2.75, 3.05) is 6.54 Å². The first-order valence-corrected chi connectivity index (χ1v) is 7.31. The number of sulfonamides is 1. The van der Waals surface area contributed by atoms with Crippen molar-refractivity contribution in [2.45, 2.75) is 31.2 Å². The van der Waals surface area contributed by atoms with E-state index in [9.17, 15) is 8.42 Å². The Kier molecular flexibility index (Phi) is 4.88. The van der Waals surface area contributed by atoms with Crippen molar-refractivity contribution < 1.29 is 8.42 Å². The Morgan fingerprint density at radius 1 is 1.44 bits per heavy atom. The van der Waals surface area contributed by atoms with Crippen LogP contribution < -0.4 is 4.72 Å². The number of hydrogen-bond acceptors (Lipinski definition) is 4. The largest absolute Gasteiger partial charge is 0.260 e. The third kappa shape index (κ3) is 3.26. The highest BCUT2D eigenvalue weighted by molar-refractivity contribution is 9.10. The van der Waals surface area contributed by atoms with E-state index in [1.54, 1.807) is 7.05 Å². The summed E-state index contributed by atoms with van der Waals surface area (Å²) in [5.41, 5.74) is 0. The number of aryl methyl sites for hydroxylation is 1. The molecule has 0 aliphatic rings. The van der Waals surface area contributed by atoms with Crippen molar-refractivity contribution in [3.8, 4) is 0 Å². The van der Waals surface area contributed by atoms with E-state index < -0.39 is 10.0 Å². The minimum Gasteiger partial charge on any atom is -0.235 e. The second-order valence-corrected chi connectivity index (χ2v) is 5.85. The molecule has 1 rings (SSSR count). The number of nitrogens with zero attached hydrogens (tertiary/aromatic N) is 3. The van der Waals surface area contributed by atoms with Gasteiger partial charge >= 0.3 is 0 Å². The number of nitrogens with one attached hydrogen (secondary N) is 1.